The van der Waals surface area contributed by atoms with E-state index in [0.717, 1.165) is 17.4 Å². The van der Waals surface area contributed by atoms with Gasteiger partial charge in [0.1, 0.15) is 11.8 Å². The van der Waals surface area contributed by atoms with Crippen LogP contribution in [-0.2, 0) is 26.2 Å². The van der Waals surface area contributed by atoms with Gasteiger partial charge in [-0.1, -0.05) is 29.8 Å². The predicted molar refractivity (Wildman–Crippen MR) is 130 cm³/mol. The molecular weight excluding hydrogens is 442 g/mol. The third-order valence-corrected chi connectivity index (χ3v) is 6.57. The number of benzene rings is 2. The Balaban J connectivity index is 2.15. The molecule has 9 heteroatoms. The van der Waals surface area contributed by atoms with Crippen LogP contribution in [0.2, 0.25) is 0 Å². The van der Waals surface area contributed by atoms with Gasteiger partial charge in [0.05, 0.1) is 19.1 Å². The molecule has 0 saturated carbocycles. The fourth-order valence-corrected chi connectivity index (χ4v) is 4.44. The molecule has 0 saturated heterocycles. The molecule has 0 spiro atoms. The van der Waals surface area contributed by atoms with Crippen LogP contribution in [0, 0.1) is 6.92 Å². The number of nitrogens with one attached hydrogen (secondary N) is 1. The molecule has 0 heterocycles. The number of hydrogen-bond acceptors (Lipinski definition) is 5. The molecule has 0 aliphatic heterocycles. The first-order valence-corrected chi connectivity index (χ1v) is 12.6. The van der Waals surface area contributed by atoms with E-state index in [1.807, 2.05) is 43.3 Å². The number of nitrogens with zero attached hydrogens (tertiary/aromatic N) is 2. The van der Waals surface area contributed by atoms with Crippen LogP contribution in [0.1, 0.15) is 30.9 Å². The summed E-state index contributed by atoms with van der Waals surface area (Å²) in [7, 11) is -0.416. The topological polar surface area (TPSA) is 96.0 Å². The van der Waals surface area contributed by atoms with Gasteiger partial charge in [-0.25, -0.2) is 8.42 Å². The number of carbonyl (C=O) groups is 2. The Kier molecular flexibility index (Phi) is 9.28. The number of amides is 2. The third-order valence-electron chi connectivity index (χ3n) is 5.37. The fourth-order valence-electron chi connectivity index (χ4n) is 3.47. The van der Waals surface area contributed by atoms with Gasteiger partial charge >= 0.3 is 0 Å². The number of ether oxygens (including phenoxy) is 1. The zero-order valence-electron chi connectivity index (χ0n) is 19.9. The van der Waals surface area contributed by atoms with Crippen molar-refractivity contribution in [1.82, 2.24) is 10.2 Å². The van der Waals surface area contributed by atoms with Gasteiger partial charge in [0.2, 0.25) is 21.8 Å². The standard InChI is InChI=1S/C24H33N3O5S/c1-18-11-13-21(14-12-18)27(33(5,30)31)15-7-10-23(28)26(19(2)24(29)25-3)17-20-8-6-9-22(16-20)32-4/h6,8-9,11-14,16,19H,7,10,15,17H2,1-5H3,(H,25,29)/t19-/m0/s1. The highest BCUT2D eigenvalue weighted by molar-refractivity contribution is 7.92. The van der Waals surface area contributed by atoms with Gasteiger partial charge in [-0.05, 0) is 50.1 Å². The summed E-state index contributed by atoms with van der Waals surface area (Å²) in [5, 5.41) is 2.58. The number of aryl methyl sites for hydroxylation is 1. The Labute approximate surface area is 196 Å². The molecule has 0 radical (unpaired) electrons. The number of methoxy groups -OCH3 is 1. The molecule has 2 aromatic rings. The largest absolute Gasteiger partial charge is 0.497 e. The Morgan fingerprint density at radius 1 is 1.12 bits per heavy atom. The molecule has 0 aliphatic rings. The smallest absolute Gasteiger partial charge is 0.242 e. The van der Waals surface area contributed by atoms with Crippen molar-refractivity contribution in [1.29, 1.82) is 0 Å². The molecule has 33 heavy (non-hydrogen) atoms. The number of carbonyl (C=O) groups excluding carboxylic acids is 2. The lowest BCUT2D eigenvalue weighted by molar-refractivity contribution is -0.140. The normalized spacial score (nSPS) is 12.0. The van der Waals surface area contributed by atoms with Gasteiger partial charge in [0.15, 0.2) is 0 Å². The summed E-state index contributed by atoms with van der Waals surface area (Å²) in [6.45, 7) is 4.00. The van der Waals surface area contributed by atoms with Crippen LogP contribution >= 0.6 is 0 Å². The third kappa shape index (κ3) is 7.49. The maximum absolute atomic E-state index is 13.1. The summed E-state index contributed by atoms with van der Waals surface area (Å²) in [4.78, 5) is 26.9. The predicted octanol–water partition coefficient (Wildman–Crippen LogP) is 2.71. The van der Waals surface area contributed by atoms with Gasteiger partial charge in [0, 0.05) is 26.6 Å². The van der Waals surface area contributed by atoms with Gasteiger partial charge in [-0.15, -0.1) is 0 Å². The zero-order chi connectivity index (χ0) is 24.6. The van der Waals surface area contributed by atoms with Crippen molar-refractivity contribution >= 4 is 27.5 Å². The van der Waals surface area contributed by atoms with E-state index in [0.29, 0.717) is 17.9 Å². The molecule has 0 bridgehead atoms. The minimum absolute atomic E-state index is 0.100. The second-order valence-corrected chi connectivity index (χ2v) is 9.84. The first-order valence-electron chi connectivity index (χ1n) is 10.7. The van der Waals surface area contributed by atoms with E-state index in [4.69, 9.17) is 4.74 Å². The second-order valence-electron chi connectivity index (χ2n) is 7.94. The van der Waals surface area contributed by atoms with Gasteiger partial charge in [-0.2, -0.15) is 0 Å². The van der Waals surface area contributed by atoms with E-state index in [1.165, 1.54) is 16.3 Å². The minimum atomic E-state index is -3.51. The highest BCUT2D eigenvalue weighted by Gasteiger charge is 2.26. The Morgan fingerprint density at radius 3 is 2.36 bits per heavy atom. The van der Waals surface area contributed by atoms with Crippen LogP contribution < -0.4 is 14.4 Å². The maximum atomic E-state index is 13.1. The molecule has 8 nitrogen and oxygen atoms in total. The van der Waals surface area contributed by atoms with Crippen LogP contribution in [0.15, 0.2) is 48.5 Å². The molecule has 2 aromatic carbocycles. The molecule has 1 N–H and O–H groups in total. The average molecular weight is 476 g/mol. The summed E-state index contributed by atoms with van der Waals surface area (Å²) < 4.78 is 31.2. The van der Waals surface area contributed by atoms with Crippen LogP contribution in [0.4, 0.5) is 5.69 Å². The van der Waals surface area contributed by atoms with E-state index < -0.39 is 16.1 Å². The van der Waals surface area contributed by atoms with Crippen LogP contribution in [-0.4, -0.2) is 58.1 Å². The van der Waals surface area contributed by atoms with Gasteiger partial charge < -0.3 is 15.0 Å². The van der Waals surface area contributed by atoms with Crippen LogP contribution in [0.5, 0.6) is 5.75 Å². The van der Waals surface area contributed by atoms with Crippen molar-refractivity contribution in [3.05, 3.63) is 59.7 Å². The molecule has 2 amide bonds. The monoisotopic (exact) mass is 475 g/mol. The molecule has 180 valence electrons. The zero-order valence-corrected chi connectivity index (χ0v) is 20.7. The van der Waals surface area contributed by atoms with Crippen molar-refractivity contribution in [3.8, 4) is 5.75 Å². The lowest BCUT2D eigenvalue weighted by atomic mass is 10.1. The summed E-state index contributed by atoms with van der Waals surface area (Å²) in [5.41, 5.74) is 2.41. The van der Waals surface area contributed by atoms with Crippen molar-refractivity contribution < 1.29 is 22.7 Å². The summed E-state index contributed by atoms with van der Waals surface area (Å²) in [6, 6.07) is 13.8. The van der Waals surface area contributed by atoms with E-state index in [-0.39, 0.29) is 31.3 Å². The van der Waals surface area contributed by atoms with Gasteiger partial charge in [0.25, 0.3) is 0 Å². The fraction of sp³-hybridized carbons (Fsp3) is 0.417. The molecule has 0 aliphatic carbocycles. The van der Waals surface area contributed by atoms with Crippen molar-refractivity contribution in [2.45, 2.75) is 39.3 Å². The summed E-state index contributed by atoms with van der Waals surface area (Å²) >= 11 is 0. The van der Waals surface area contributed by atoms with E-state index >= 15 is 0 Å². The Hall–Kier alpha value is -3.07. The Morgan fingerprint density at radius 2 is 1.79 bits per heavy atom. The molecule has 0 aromatic heterocycles. The summed E-state index contributed by atoms with van der Waals surface area (Å²) in [5.74, 6) is 0.157. The minimum Gasteiger partial charge on any atom is -0.497 e. The highest BCUT2D eigenvalue weighted by atomic mass is 32.2. The van der Waals surface area contributed by atoms with Crippen molar-refractivity contribution in [2.75, 3.05) is 31.3 Å². The first-order chi connectivity index (χ1) is 15.6. The van der Waals surface area contributed by atoms with Crippen molar-refractivity contribution in [3.63, 3.8) is 0 Å². The SMILES string of the molecule is CNC(=O)[C@H](C)N(Cc1cccc(OC)c1)C(=O)CCCN(c1ccc(C)cc1)S(C)(=O)=O. The van der Waals surface area contributed by atoms with E-state index in [9.17, 15) is 18.0 Å². The van der Waals surface area contributed by atoms with E-state index in [2.05, 4.69) is 5.32 Å². The highest BCUT2D eigenvalue weighted by Crippen LogP contribution is 2.20. The number of anilines is 1. The quantitative estimate of drug-likeness (QED) is 0.539. The van der Waals surface area contributed by atoms with Crippen molar-refractivity contribution in [2.24, 2.45) is 0 Å². The molecule has 0 unspecified atom stereocenters. The average Bonchev–Trinajstić information content (AvgIpc) is 2.79. The lowest BCUT2D eigenvalue weighted by Gasteiger charge is -2.29. The molecular formula is C24H33N3O5S. The maximum Gasteiger partial charge on any atom is 0.242 e. The Bertz CT molecular complexity index is 1050. The number of sulfonamides is 1. The molecule has 1 atom stereocenters. The van der Waals surface area contributed by atoms with Crippen LogP contribution in [0.3, 0.4) is 0 Å². The molecule has 2 rings (SSSR count). The number of likely N-dealkylation sites (N-methyl/N-ethyl adjacent to an activating group) is 1. The number of hydrogen-bond donors (Lipinski definition) is 1. The first kappa shape index (κ1) is 26.2. The van der Waals surface area contributed by atoms with Crippen LogP contribution in [0.25, 0.3) is 0 Å². The van der Waals surface area contributed by atoms with Gasteiger partial charge in [-0.3, -0.25) is 13.9 Å². The van der Waals surface area contributed by atoms with E-state index in [1.54, 1.807) is 26.2 Å². The molecule has 0 fully saturated rings. The lowest BCUT2D eigenvalue weighted by Crippen LogP contribution is -2.46. The summed E-state index contributed by atoms with van der Waals surface area (Å²) in [6.07, 6.45) is 1.56. The number of rotatable bonds is 11. The second kappa shape index (κ2) is 11.7.